The zero-order valence-corrected chi connectivity index (χ0v) is 13.2. The number of rotatable bonds is 4. The third-order valence-electron chi connectivity index (χ3n) is 3.41. The molecule has 2 aromatic rings. The number of aliphatic imine (C=N–C) groups is 1. The largest absolute Gasteiger partial charge is 0.497 e. The minimum Gasteiger partial charge on any atom is -0.497 e. The van der Waals surface area contributed by atoms with Crippen LogP contribution in [0.2, 0.25) is 0 Å². The zero-order chi connectivity index (χ0) is 15.4. The van der Waals surface area contributed by atoms with Crippen LogP contribution in [0.4, 0.5) is 5.69 Å². The Kier molecular flexibility index (Phi) is 4.63. The Labute approximate surface area is 126 Å². The van der Waals surface area contributed by atoms with Gasteiger partial charge in [-0.25, -0.2) is 0 Å². The van der Waals surface area contributed by atoms with E-state index < -0.39 is 0 Å². The van der Waals surface area contributed by atoms with Crippen LogP contribution in [0.25, 0.3) is 0 Å². The van der Waals surface area contributed by atoms with Crippen molar-refractivity contribution in [2.24, 2.45) is 4.99 Å². The Balaban J connectivity index is 2.42. The van der Waals surface area contributed by atoms with Crippen molar-refractivity contribution in [1.82, 2.24) is 0 Å². The molecule has 0 aliphatic heterocycles. The molecule has 2 rings (SSSR count). The average molecular weight is 283 g/mol. The van der Waals surface area contributed by atoms with E-state index in [1.807, 2.05) is 24.4 Å². The Bertz CT molecular complexity index is 652. The smallest absolute Gasteiger partial charge is 0.127 e. The van der Waals surface area contributed by atoms with Gasteiger partial charge in [-0.15, -0.1) is 0 Å². The highest BCUT2D eigenvalue weighted by atomic mass is 16.5. The van der Waals surface area contributed by atoms with Crippen molar-refractivity contribution in [3.05, 3.63) is 52.6 Å². The van der Waals surface area contributed by atoms with Crippen LogP contribution in [0.3, 0.4) is 0 Å². The fraction of sp³-hybridized carbons (Fsp3) is 0.278. The summed E-state index contributed by atoms with van der Waals surface area (Å²) < 4.78 is 10.6. The van der Waals surface area contributed by atoms with Crippen LogP contribution in [-0.4, -0.2) is 20.4 Å². The number of methoxy groups -OCH3 is 2. The average Bonchev–Trinajstić information content (AvgIpc) is 2.45. The molecular formula is C18H21NO2. The van der Waals surface area contributed by atoms with Crippen molar-refractivity contribution in [3.63, 3.8) is 0 Å². The first-order chi connectivity index (χ1) is 10.0. The van der Waals surface area contributed by atoms with E-state index in [0.717, 1.165) is 22.7 Å². The fourth-order valence-corrected chi connectivity index (χ4v) is 2.45. The molecule has 0 aliphatic rings. The Morgan fingerprint density at radius 3 is 2.14 bits per heavy atom. The summed E-state index contributed by atoms with van der Waals surface area (Å²) in [4.78, 5) is 4.64. The lowest BCUT2D eigenvalue weighted by Crippen LogP contribution is -1.93. The summed E-state index contributed by atoms with van der Waals surface area (Å²) in [7, 11) is 3.30. The van der Waals surface area contributed by atoms with Gasteiger partial charge in [0.2, 0.25) is 0 Å². The lowest BCUT2D eigenvalue weighted by molar-refractivity contribution is 0.402. The molecule has 0 radical (unpaired) electrons. The van der Waals surface area contributed by atoms with E-state index in [0.29, 0.717) is 0 Å². The van der Waals surface area contributed by atoms with E-state index in [4.69, 9.17) is 9.47 Å². The second-order valence-corrected chi connectivity index (χ2v) is 5.11. The lowest BCUT2D eigenvalue weighted by Gasteiger charge is -2.09. The Hall–Kier alpha value is -2.29. The van der Waals surface area contributed by atoms with E-state index in [2.05, 4.69) is 37.9 Å². The van der Waals surface area contributed by atoms with Crippen molar-refractivity contribution in [1.29, 1.82) is 0 Å². The first kappa shape index (κ1) is 15.1. The molecule has 0 atom stereocenters. The van der Waals surface area contributed by atoms with E-state index in [-0.39, 0.29) is 0 Å². The van der Waals surface area contributed by atoms with Gasteiger partial charge in [0.1, 0.15) is 11.5 Å². The predicted molar refractivity (Wildman–Crippen MR) is 87.5 cm³/mol. The molecule has 0 unspecified atom stereocenters. The Morgan fingerprint density at radius 2 is 1.57 bits per heavy atom. The van der Waals surface area contributed by atoms with Gasteiger partial charge in [-0.05, 0) is 50.1 Å². The van der Waals surface area contributed by atoms with Gasteiger partial charge in [-0.3, -0.25) is 4.99 Å². The summed E-state index contributed by atoms with van der Waals surface area (Å²) in [6.07, 6.45) is 1.83. The van der Waals surface area contributed by atoms with Crippen LogP contribution in [0.15, 0.2) is 35.3 Å². The summed E-state index contributed by atoms with van der Waals surface area (Å²) >= 11 is 0. The lowest BCUT2D eigenvalue weighted by atomic mass is 10.1. The summed E-state index contributed by atoms with van der Waals surface area (Å²) in [5.74, 6) is 1.57. The van der Waals surface area contributed by atoms with Gasteiger partial charge >= 0.3 is 0 Å². The van der Waals surface area contributed by atoms with Gasteiger partial charge in [0.25, 0.3) is 0 Å². The Morgan fingerprint density at radius 1 is 0.905 bits per heavy atom. The molecule has 0 aromatic heterocycles. The number of hydrogen-bond acceptors (Lipinski definition) is 3. The van der Waals surface area contributed by atoms with Crippen molar-refractivity contribution in [2.75, 3.05) is 14.2 Å². The summed E-state index contributed by atoms with van der Waals surface area (Å²) in [5.41, 5.74) is 5.50. The molecule has 0 N–H and O–H groups in total. The van der Waals surface area contributed by atoms with Crippen LogP contribution >= 0.6 is 0 Å². The second-order valence-electron chi connectivity index (χ2n) is 5.11. The molecule has 0 fully saturated rings. The SMILES string of the molecule is COc1ccc(OC)c(C=Nc2c(C)cc(C)cc2C)c1. The first-order valence-corrected chi connectivity index (χ1v) is 6.89. The monoisotopic (exact) mass is 283 g/mol. The van der Waals surface area contributed by atoms with Crippen LogP contribution < -0.4 is 9.47 Å². The normalized spacial score (nSPS) is 10.9. The van der Waals surface area contributed by atoms with Crippen molar-refractivity contribution >= 4 is 11.9 Å². The minimum absolute atomic E-state index is 0.780. The predicted octanol–water partition coefficient (Wildman–Crippen LogP) is 4.38. The molecule has 3 nitrogen and oxygen atoms in total. The van der Waals surface area contributed by atoms with Crippen molar-refractivity contribution in [2.45, 2.75) is 20.8 Å². The van der Waals surface area contributed by atoms with Gasteiger partial charge in [-0.1, -0.05) is 17.7 Å². The number of nitrogens with zero attached hydrogens (tertiary/aromatic N) is 1. The molecule has 0 aliphatic carbocycles. The van der Waals surface area contributed by atoms with Crippen molar-refractivity contribution in [3.8, 4) is 11.5 Å². The van der Waals surface area contributed by atoms with Gasteiger partial charge in [0.15, 0.2) is 0 Å². The number of aryl methyl sites for hydroxylation is 3. The fourth-order valence-electron chi connectivity index (χ4n) is 2.45. The van der Waals surface area contributed by atoms with Crippen LogP contribution in [-0.2, 0) is 0 Å². The summed E-state index contributed by atoms with van der Waals surface area (Å²) in [6.45, 7) is 6.25. The summed E-state index contributed by atoms with van der Waals surface area (Å²) in [6, 6.07) is 9.96. The molecule has 21 heavy (non-hydrogen) atoms. The number of benzene rings is 2. The molecular weight excluding hydrogens is 262 g/mol. The molecule has 3 heteroatoms. The van der Waals surface area contributed by atoms with Crippen LogP contribution in [0, 0.1) is 20.8 Å². The van der Waals surface area contributed by atoms with Gasteiger partial charge in [0.05, 0.1) is 19.9 Å². The summed E-state index contributed by atoms with van der Waals surface area (Å²) in [5, 5.41) is 0. The third kappa shape index (κ3) is 3.43. The zero-order valence-electron chi connectivity index (χ0n) is 13.2. The van der Waals surface area contributed by atoms with E-state index >= 15 is 0 Å². The van der Waals surface area contributed by atoms with E-state index in [1.54, 1.807) is 14.2 Å². The van der Waals surface area contributed by atoms with Gasteiger partial charge in [0, 0.05) is 11.8 Å². The third-order valence-corrected chi connectivity index (χ3v) is 3.41. The second kappa shape index (κ2) is 6.44. The topological polar surface area (TPSA) is 30.8 Å². The minimum atomic E-state index is 0.780. The standard InChI is InChI=1S/C18H21NO2/c1-12-8-13(2)18(14(3)9-12)19-11-15-10-16(20-4)6-7-17(15)21-5/h6-11H,1-5H3. The molecule has 0 saturated heterocycles. The quantitative estimate of drug-likeness (QED) is 0.780. The maximum absolute atomic E-state index is 5.37. The highest BCUT2D eigenvalue weighted by Gasteiger charge is 2.05. The molecule has 0 heterocycles. The number of ether oxygens (including phenoxy) is 2. The molecule has 0 amide bonds. The van der Waals surface area contributed by atoms with E-state index in [1.165, 1.54) is 16.7 Å². The molecule has 0 spiro atoms. The highest BCUT2D eigenvalue weighted by Crippen LogP contribution is 2.27. The number of hydrogen-bond donors (Lipinski definition) is 0. The highest BCUT2D eigenvalue weighted by molar-refractivity contribution is 5.86. The first-order valence-electron chi connectivity index (χ1n) is 6.89. The van der Waals surface area contributed by atoms with E-state index in [9.17, 15) is 0 Å². The van der Waals surface area contributed by atoms with Crippen LogP contribution in [0.5, 0.6) is 11.5 Å². The maximum atomic E-state index is 5.37. The maximum Gasteiger partial charge on any atom is 0.127 e. The molecule has 0 saturated carbocycles. The molecule has 110 valence electrons. The van der Waals surface area contributed by atoms with Gasteiger partial charge in [-0.2, -0.15) is 0 Å². The molecule has 2 aromatic carbocycles. The van der Waals surface area contributed by atoms with Gasteiger partial charge < -0.3 is 9.47 Å². The molecule has 0 bridgehead atoms. The van der Waals surface area contributed by atoms with Crippen molar-refractivity contribution < 1.29 is 9.47 Å². The van der Waals surface area contributed by atoms with Crippen LogP contribution in [0.1, 0.15) is 22.3 Å².